The van der Waals surface area contributed by atoms with Gasteiger partial charge in [0.1, 0.15) is 0 Å². The Hall–Kier alpha value is 0.967. The molecule has 0 fully saturated rings. The molecular formula is C6H13Cl3O3Si. The standard InChI is InChI=1S/C6H13Cl3O3Si/c1-10-6(11-2,12-3)4-5-13(7,8)9/h4-5H2,1-3H3. The summed E-state index contributed by atoms with van der Waals surface area (Å²) < 4.78 is 15.1. The molecule has 0 aromatic carbocycles. The summed E-state index contributed by atoms with van der Waals surface area (Å²) in [4.78, 5) is 0. The summed E-state index contributed by atoms with van der Waals surface area (Å²) in [7, 11) is 4.44. The molecule has 0 bridgehead atoms. The molecule has 0 rings (SSSR count). The van der Waals surface area contributed by atoms with Crippen molar-refractivity contribution in [1.82, 2.24) is 0 Å². The van der Waals surface area contributed by atoms with Crippen molar-refractivity contribution in [2.75, 3.05) is 21.3 Å². The topological polar surface area (TPSA) is 27.7 Å². The van der Waals surface area contributed by atoms with E-state index in [9.17, 15) is 0 Å². The third kappa shape index (κ3) is 5.42. The smallest absolute Gasteiger partial charge is 0.331 e. The lowest BCUT2D eigenvalue weighted by Gasteiger charge is -2.29. The molecule has 0 aliphatic carbocycles. The van der Waals surface area contributed by atoms with Crippen molar-refractivity contribution in [3.63, 3.8) is 0 Å². The highest BCUT2D eigenvalue weighted by Gasteiger charge is 2.35. The van der Waals surface area contributed by atoms with Crippen LogP contribution < -0.4 is 0 Å². The molecule has 7 heteroatoms. The Kier molecular flexibility index (Phi) is 6.18. The molecule has 13 heavy (non-hydrogen) atoms. The molecule has 0 saturated heterocycles. The minimum atomic E-state index is -2.64. The minimum Gasteiger partial charge on any atom is -0.331 e. The van der Waals surface area contributed by atoms with Crippen molar-refractivity contribution in [2.45, 2.75) is 18.4 Å². The summed E-state index contributed by atoms with van der Waals surface area (Å²) in [6.45, 7) is 0. The molecule has 0 aromatic rings. The molecule has 0 heterocycles. The van der Waals surface area contributed by atoms with Gasteiger partial charge in [0.25, 0.3) is 5.97 Å². The molecule has 3 nitrogen and oxygen atoms in total. The first-order valence-corrected chi connectivity index (χ1v) is 8.85. The van der Waals surface area contributed by atoms with E-state index < -0.39 is 12.0 Å². The third-order valence-corrected chi connectivity index (χ3v) is 4.17. The first kappa shape index (κ1) is 14.0. The van der Waals surface area contributed by atoms with E-state index in [1.807, 2.05) is 0 Å². The second kappa shape index (κ2) is 5.75. The van der Waals surface area contributed by atoms with Gasteiger partial charge in [-0.15, -0.1) is 33.2 Å². The lowest BCUT2D eigenvalue weighted by atomic mass is 10.4. The van der Waals surface area contributed by atoms with Gasteiger partial charge < -0.3 is 14.2 Å². The fraction of sp³-hybridized carbons (Fsp3) is 1.00. The Balaban J connectivity index is 4.11. The van der Waals surface area contributed by atoms with Crippen LogP contribution in [0.4, 0.5) is 0 Å². The molecule has 0 amide bonds. The average Bonchev–Trinajstić information content (AvgIpc) is 2.06. The Morgan fingerprint density at radius 3 is 1.62 bits per heavy atom. The van der Waals surface area contributed by atoms with Crippen molar-refractivity contribution in [2.24, 2.45) is 0 Å². The SMILES string of the molecule is COC(CC[Si](Cl)(Cl)Cl)(OC)OC. The van der Waals surface area contributed by atoms with Crippen molar-refractivity contribution < 1.29 is 14.2 Å². The number of methoxy groups -OCH3 is 3. The van der Waals surface area contributed by atoms with Gasteiger partial charge in [0.15, 0.2) is 0 Å². The average molecular weight is 268 g/mol. The second-order valence-corrected chi connectivity index (χ2v) is 11.7. The van der Waals surface area contributed by atoms with Crippen LogP contribution in [0.25, 0.3) is 0 Å². The highest BCUT2D eigenvalue weighted by Crippen LogP contribution is 2.31. The zero-order valence-electron chi connectivity index (χ0n) is 7.77. The van der Waals surface area contributed by atoms with E-state index in [0.29, 0.717) is 12.5 Å². The monoisotopic (exact) mass is 266 g/mol. The molecular weight excluding hydrogens is 255 g/mol. The van der Waals surface area contributed by atoms with Crippen LogP contribution in [0.5, 0.6) is 0 Å². The van der Waals surface area contributed by atoms with Crippen LogP contribution in [0.1, 0.15) is 6.42 Å². The Morgan fingerprint density at radius 2 is 1.38 bits per heavy atom. The molecule has 0 aromatic heterocycles. The van der Waals surface area contributed by atoms with Crippen LogP contribution in [0, 0.1) is 0 Å². The van der Waals surface area contributed by atoms with Gasteiger partial charge in [-0.2, -0.15) is 0 Å². The quantitative estimate of drug-likeness (QED) is 0.421. The van der Waals surface area contributed by atoms with E-state index >= 15 is 0 Å². The molecule has 0 aliphatic heterocycles. The summed E-state index contributed by atoms with van der Waals surface area (Å²) >= 11 is 17.1. The lowest BCUT2D eigenvalue weighted by molar-refractivity contribution is -0.352. The second-order valence-electron chi connectivity index (χ2n) is 2.41. The van der Waals surface area contributed by atoms with Crippen molar-refractivity contribution in [1.29, 1.82) is 0 Å². The maximum Gasteiger partial charge on any atom is 0.341 e. The van der Waals surface area contributed by atoms with Crippen molar-refractivity contribution in [3.8, 4) is 0 Å². The summed E-state index contributed by atoms with van der Waals surface area (Å²) in [5.74, 6) is -1.09. The largest absolute Gasteiger partial charge is 0.341 e. The molecule has 0 unspecified atom stereocenters. The highest BCUT2D eigenvalue weighted by atomic mass is 35.8. The molecule has 0 atom stereocenters. The fourth-order valence-electron chi connectivity index (χ4n) is 0.851. The number of ether oxygens (including phenoxy) is 3. The minimum absolute atomic E-state index is 0.402. The third-order valence-electron chi connectivity index (χ3n) is 1.65. The molecule has 0 radical (unpaired) electrons. The summed E-state index contributed by atoms with van der Waals surface area (Å²) in [6.07, 6.45) is 0.402. The first-order chi connectivity index (χ1) is 5.89. The molecule has 0 spiro atoms. The van der Waals surface area contributed by atoms with E-state index in [0.717, 1.165) is 0 Å². The zero-order chi connectivity index (χ0) is 10.5. The molecule has 80 valence electrons. The van der Waals surface area contributed by atoms with E-state index in [4.69, 9.17) is 47.4 Å². The van der Waals surface area contributed by atoms with Gasteiger partial charge in [-0.25, -0.2) is 0 Å². The molecule has 0 aliphatic rings. The Morgan fingerprint density at radius 1 is 1.00 bits per heavy atom. The lowest BCUT2D eigenvalue weighted by Crippen LogP contribution is -2.37. The van der Waals surface area contributed by atoms with Crippen molar-refractivity contribution in [3.05, 3.63) is 0 Å². The predicted octanol–water partition coefficient (Wildman–Crippen LogP) is 2.62. The van der Waals surface area contributed by atoms with Crippen LogP contribution in [0.3, 0.4) is 0 Å². The highest BCUT2D eigenvalue weighted by molar-refractivity contribution is 7.64. The van der Waals surface area contributed by atoms with Gasteiger partial charge in [0.2, 0.25) is 0 Å². The normalized spacial score (nSPS) is 13.4. The van der Waals surface area contributed by atoms with Crippen LogP contribution in [0.15, 0.2) is 0 Å². The van der Waals surface area contributed by atoms with Crippen LogP contribution in [0.2, 0.25) is 6.04 Å². The van der Waals surface area contributed by atoms with Crippen molar-refractivity contribution >= 4 is 39.2 Å². The van der Waals surface area contributed by atoms with E-state index in [1.54, 1.807) is 0 Å². The predicted molar refractivity (Wildman–Crippen MR) is 56.5 cm³/mol. The fourth-order valence-corrected chi connectivity index (χ4v) is 2.29. The van der Waals surface area contributed by atoms with Gasteiger partial charge in [-0.1, -0.05) is 0 Å². The van der Waals surface area contributed by atoms with E-state index in [1.165, 1.54) is 21.3 Å². The number of halogens is 3. The van der Waals surface area contributed by atoms with Gasteiger partial charge in [0, 0.05) is 27.8 Å². The summed E-state index contributed by atoms with van der Waals surface area (Å²) in [6, 6.07) is -2.22. The van der Waals surface area contributed by atoms with Gasteiger partial charge >= 0.3 is 6.00 Å². The Bertz CT molecular complexity index is 138. The zero-order valence-corrected chi connectivity index (χ0v) is 11.0. The maximum absolute atomic E-state index is 5.71. The van der Waals surface area contributed by atoms with Crippen LogP contribution >= 0.6 is 33.2 Å². The summed E-state index contributed by atoms with van der Waals surface area (Å²) in [5, 5.41) is 0. The van der Waals surface area contributed by atoms with Gasteiger partial charge in [-0.05, 0) is 6.04 Å². The Labute approximate surface area is 93.3 Å². The molecule has 0 N–H and O–H groups in total. The van der Waals surface area contributed by atoms with Gasteiger partial charge in [-0.3, -0.25) is 0 Å². The summed E-state index contributed by atoms with van der Waals surface area (Å²) in [5.41, 5.74) is 0. The number of hydrogen-bond acceptors (Lipinski definition) is 3. The van der Waals surface area contributed by atoms with Crippen LogP contribution in [-0.4, -0.2) is 33.3 Å². The number of hydrogen-bond donors (Lipinski definition) is 0. The van der Waals surface area contributed by atoms with E-state index in [2.05, 4.69) is 0 Å². The maximum atomic E-state index is 5.71. The van der Waals surface area contributed by atoms with Crippen LogP contribution in [-0.2, 0) is 14.2 Å². The van der Waals surface area contributed by atoms with E-state index in [-0.39, 0.29) is 0 Å². The van der Waals surface area contributed by atoms with Gasteiger partial charge in [0.05, 0.1) is 0 Å². The molecule has 0 saturated carbocycles. The number of rotatable bonds is 6. The first-order valence-electron chi connectivity index (χ1n) is 3.61.